The molecule has 0 spiro atoms. The third-order valence-corrected chi connectivity index (χ3v) is 10.8. The molecule has 1 saturated heterocycles. The quantitative estimate of drug-likeness (QED) is 0.276. The first kappa shape index (κ1) is 32.3. The molecule has 10 heteroatoms. The van der Waals surface area contributed by atoms with E-state index in [-0.39, 0.29) is 48.9 Å². The second-order valence-corrected chi connectivity index (χ2v) is 13.4. The molecule has 0 aromatic heterocycles. The Morgan fingerprint density at radius 1 is 1.04 bits per heavy atom. The minimum atomic E-state index is -0.511. The van der Waals surface area contributed by atoms with Crippen LogP contribution in [0.15, 0.2) is 6.07 Å². The van der Waals surface area contributed by atoms with Gasteiger partial charge in [0.25, 0.3) is 0 Å². The van der Waals surface area contributed by atoms with Gasteiger partial charge in [-0.3, -0.25) is 14.6 Å². The zero-order valence-electron chi connectivity index (χ0n) is 27.8. The van der Waals surface area contributed by atoms with E-state index in [2.05, 4.69) is 34.2 Å². The predicted octanol–water partition coefficient (Wildman–Crippen LogP) is 5.48. The van der Waals surface area contributed by atoms with Crippen molar-refractivity contribution in [3.8, 4) is 34.8 Å². The molecule has 10 nitrogen and oxygen atoms in total. The number of phenols is 2. The summed E-state index contributed by atoms with van der Waals surface area (Å²) in [6.07, 6.45) is 9.39. The molecule has 5 atom stereocenters. The number of nitrogens with zero attached hydrogens (tertiary/aromatic N) is 3. The fourth-order valence-electron chi connectivity index (χ4n) is 8.58. The number of carbonyl (C=O) groups excluding carboxylic acids is 1. The molecule has 2 aromatic carbocycles. The van der Waals surface area contributed by atoms with Gasteiger partial charge in [0, 0.05) is 47.3 Å². The maximum atomic E-state index is 13.2. The number of phenolic OH excluding ortho intramolecular Hbond substituents is 2. The lowest BCUT2D eigenvalue weighted by Crippen LogP contribution is -2.68. The van der Waals surface area contributed by atoms with Crippen molar-refractivity contribution in [1.29, 1.82) is 5.26 Å². The summed E-state index contributed by atoms with van der Waals surface area (Å²) >= 11 is 0. The third-order valence-electron chi connectivity index (χ3n) is 10.8. The first-order valence-electron chi connectivity index (χ1n) is 16.9. The Balaban J connectivity index is 1.37. The van der Waals surface area contributed by atoms with Gasteiger partial charge in [0.1, 0.15) is 11.8 Å². The highest BCUT2D eigenvalue weighted by atomic mass is 16.7. The molecule has 2 aromatic rings. The number of benzene rings is 2. The van der Waals surface area contributed by atoms with Crippen molar-refractivity contribution in [3.05, 3.63) is 39.4 Å². The fourth-order valence-corrected chi connectivity index (χ4v) is 8.58. The molecule has 1 amide bonds. The van der Waals surface area contributed by atoms with E-state index in [4.69, 9.17) is 14.2 Å². The minimum absolute atomic E-state index is 0.0200. The Bertz CT molecular complexity index is 1540. The number of ether oxygens (including phenoxy) is 3. The number of aromatic hydroxyl groups is 2. The van der Waals surface area contributed by atoms with Crippen LogP contribution in [0.25, 0.3) is 0 Å². The number of likely N-dealkylation sites (N-methyl/N-ethyl adjacent to an activating group) is 1. The van der Waals surface area contributed by atoms with Crippen molar-refractivity contribution in [2.75, 3.05) is 27.5 Å². The Kier molecular flexibility index (Phi) is 9.26. The van der Waals surface area contributed by atoms with Crippen molar-refractivity contribution in [2.45, 2.75) is 115 Å². The van der Waals surface area contributed by atoms with Crippen LogP contribution in [0.2, 0.25) is 0 Å². The lowest BCUT2D eigenvalue weighted by atomic mass is 9.71. The lowest BCUT2D eigenvalue weighted by molar-refractivity contribution is -0.122. The molecule has 248 valence electrons. The molecule has 46 heavy (non-hydrogen) atoms. The van der Waals surface area contributed by atoms with Crippen molar-refractivity contribution in [1.82, 2.24) is 15.1 Å². The van der Waals surface area contributed by atoms with Crippen LogP contribution in [0.1, 0.15) is 104 Å². The van der Waals surface area contributed by atoms with E-state index in [9.17, 15) is 20.3 Å². The average Bonchev–Trinajstić information content (AvgIpc) is 3.53. The fraction of sp³-hybridized carbons (Fsp3) is 0.611. The number of methoxy groups -OCH3 is 1. The van der Waals surface area contributed by atoms with Gasteiger partial charge in [-0.1, -0.05) is 51.5 Å². The van der Waals surface area contributed by atoms with E-state index in [1.54, 1.807) is 7.11 Å². The van der Waals surface area contributed by atoms with Gasteiger partial charge in [-0.05, 0) is 51.3 Å². The predicted molar refractivity (Wildman–Crippen MR) is 173 cm³/mol. The van der Waals surface area contributed by atoms with E-state index in [1.807, 2.05) is 20.9 Å². The van der Waals surface area contributed by atoms with Crippen molar-refractivity contribution in [2.24, 2.45) is 0 Å². The SMILES string of the molecule is CCCCCCCCCC(=O)NC[C@H]1c2c(c(O)c(C)c3c2OCO3)CC2C3c4c(cc(C)c(OC)c4O)C[C@@H]([C@H](C#N)N21)N3C. The summed E-state index contributed by atoms with van der Waals surface area (Å²) in [4.78, 5) is 17.6. The van der Waals surface area contributed by atoms with Gasteiger partial charge >= 0.3 is 0 Å². The zero-order chi connectivity index (χ0) is 32.7. The molecule has 4 aliphatic rings. The molecule has 2 unspecified atom stereocenters. The number of unbranched alkanes of at least 4 members (excludes halogenated alkanes) is 6. The van der Waals surface area contributed by atoms with E-state index in [0.29, 0.717) is 42.1 Å². The Morgan fingerprint density at radius 3 is 2.48 bits per heavy atom. The summed E-state index contributed by atoms with van der Waals surface area (Å²) in [7, 11) is 3.58. The number of carbonyl (C=O) groups is 1. The van der Waals surface area contributed by atoms with E-state index in [1.165, 1.54) is 25.7 Å². The summed E-state index contributed by atoms with van der Waals surface area (Å²) in [5, 5.41) is 37.2. The van der Waals surface area contributed by atoms with Crippen LogP contribution in [0.5, 0.6) is 28.7 Å². The average molecular weight is 633 g/mol. The smallest absolute Gasteiger partial charge is 0.231 e. The molecular weight excluding hydrogens is 584 g/mol. The topological polar surface area (TPSA) is 128 Å². The second-order valence-electron chi connectivity index (χ2n) is 13.4. The van der Waals surface area contributed by atoms with Gasteiger partial charge in [0.05, 0.1) is 25.3 Å². The van der Waals surface area contributed by atoms with Crippen LogP contribution in [0, 0.1) is 25.2 Å². The number of rotatable bonds is 11. The molecule has 6 rings (SSSR count). The molecule has 1 fully saturated rings. The van der Waals surface area contributed by atoms with Gasteiger partial charge in [0.15, 0.2) is 23.0 Å². The summed E-state index contributed by atoms with van der Waals surface area (Å²) in [5.41, 5.74) is 4.79. The number of fused-ring (bicyclic) bond motifs is 9. The van der Waals surface area contributed by atoms with E-state index >= 15 is 0 Å². The number of nitriles is 1. The summed E-state index contributed by atoms with van der Waals surface area (Å²) in [6.45, 7) is 6.26. The van der Waals surface area contributed by atoms with Gasteiger partial charge in [-0.2, -0.15) is 5.26 Å². The van der Waals surface area contributed by atoms with Crippen LogP contribution in [0.4, 0.5) is 0 Å². The molecule has 2 bridgehead atoms. The van der Waals surface area contributed by atoms with Crippen molar-refractivity contribution in [3.63, 3.8) is 0 Å². The maximum absolute atomic E-state index is 13.2. The normalized spacial score (nSPS) is 24.5. The largest absolute Gasteiger partial charge is 0.507 e. The second kappa shape index (κ2) is 13.2. The highest BCUT2D eigenvalue weighted by molar-refractivity contribution is 5.76. The van der Waals surface area contributed by atoms with Crippen LogP contribution in [-0.2, 0) is 17.6 Å². The Morgan fingerprint density at radius 2 is 1.76 bits per heavy atom. The zero-order valence-corrected chi connectivity index (χ0v) is 27.8. The van der Waals surface area contributed by atoms with E-state index < -0.39 is 12.1 Å². The van der Waals surface area contributed by atoms with Crippen LogP contribution in [0.3, 0.4) is 0 Å². The number of hydrogen-bond acceptors (Lipinski definition) is 9. The standard InChI is InChI=1S/C36H48N4O6/c1-6-7-8-9-10-11-12-13-28(41)38-18-27-30-23(32(42)21(3)35-36(30)46-19-45-35)16-25-31-29-22(14-20(2)34(44-5)33(29)43)15-24(39(31)4)26(17-37)40(25)27/h14,24-27,31,42-43H,6-13,15-16,18-19H2,1-5H3,(H,38,41)/t24-,25?,26-,27-,31?/m0/s1. The Labute approximate surface area is 272 Å². The maximum Gasteiger partial charge on any atom is 0.231 e. The first-order valence-corrected chi connectivity index (χ1v) is 16.9. The number of piperazine rings is 1. The van der Waals surface area contributed by atoms with Crippen molar-refractivity contribution < 1.29 is 29.2 Å². The third kappa shape index (κ3) is 5.31. The molecule has 4 heterocycles. The summed E-state index contributed by atoms with van der Waals surface area (Å²) in [6, 6.07) is 3.02. The van der Waals surface area contributed by atoms with Gasteiger partial charge in [-0.15, -0.1) is 0 Å². The number of hydrogen-bond donors (Lipinski definition) is 3. The summed E-state index contributed by atoms with van der Waals surface area (Å²) < 4.78 is 17.5. The summed E-state index contributed by atoms with van der Waals surface area (Å²) in [5.74, 6) is 1.80. The van der Waals surface area contributed by atoms with Gasteiger partial charge in [-0.25, -0.2) is 0 Å². The lowest BCUT2D eigenvalue weighted by Gasteiger charge is -2.60. The van der Waals surface area contributed by atoms with Crippen molar-refractivity contribution >= 4 is 5.91 Å². The molecule has 0 radical (unpaired) electrons. The molecule has 4 aliphatic heterocycles. The number of amides is 1. The first-order chi connectivity index (χ1) is 22.2. The van der Waals surface area contributed by atoms with Crippen LogP contribution < -0.4 is 19.5 Å². The van der Waals surface area contributed by atoms with Crippen LogP contribution in [-0.4, -0.2) is 71.5 Å². The van der Waals surface area contributed by atoms with E-state index in [0.717, 1.165) is 47.1 Å². The number of nitrogens with one attached hydrogen (secondary N) is 1. The molecule has 0 saturated carbocycles. The Hall–Kier alpha value is -3.68. The van der Waals surface area contributed by atoms with Gasteiger partial charge < -0.3 is 29.7 Å². The van der Waals surface area contributed by atoms with Crippen LogP contribution >= 0.6 is 0 Å². The number of aryl methyl sites for hydroxylation is 1. The highest BCUT2D eigenvalue weighted by Gasteiger charge is 2.56. The molecule has 3 N–H and O–H groups in total. The molecular formula is C36H48N4O6. The van der Waals surface area contributed by atoms with Gasteiger partial charge in [0.2, 0.25) is 12.7 Å². The monoisotopic (exact) mass is 632 g/mol. The highest BCUT2D eigenvalue weighted by Crippen LogP contribution is 2.58. The molecule has 0 aliphatic carbocycles. The minimum Gasteiger partial charge on any atom is -0.507 e.